The average Bonchev–Trinajstić information content (AvgIpc) is 2.60. The molecule has 1 aliphatic rings. The summed E-state index contributed by atoms with van der Waals surface area (Å²) in [5.74, 6) is 0.732. The monoisotopic (exact) mass is 323 g/mol. The lowest BCUT2D eigenvalue weighted by molar-refractivity contribution is 0.0818. The lowest BCUT2D eigenvalue weighted by Crippen LogP contribution is -2.37. The Kier molecular flexibility index (Phi) is 4.50. The van der Waals surface area contributed by atoms with Crippen molar-refractivity contribution in [1.82, 2.24) is 4.98 Å². The number of nitriles is 1. The van der Waals surface area contributed by atoms with Crippen LogP contribution in [-0.2, 0) is 4.74 Å². The molecule has 0 aliphatic carbocycles. The molecule has 5 heteroatoms. The number of ether oxygens (including phenoxy) is 1. The maximum atomic E-state index is 12.0. The molecule has 0 bridgehead atoms. The van der Waals surface area contributed by atoms with Crippen LogP contribution in [0.25, 0.3) is 10.9 Å². The van der Waals surface area contributed by atoms with Gasteiger partial charge in [-0.1, -0.05) is 0 Å². The number of benzene rings is 1. The molecule has 0 radical (unpaired) electrons. The normalized spacial score (nSPS) is 15.5. The van der Waals surface area contributed by atoms with E-state index in [0.29, 0.717) is 16.6 Å². The highest BCUT2D eigenvalue weighted by molar-refractivity contribution is 6.07. The van der Waals surface area contributed by atoms with Gasteiger partial charge in [-0.05, 0) is 50.5 Å². The van der Waals surface area contributed by atoms with E-state index in [1.165, 1.54) is 0 Å². The molecular weight excluding hydrogens is 302 g/mol. The van der Waals surface area contributed by atoms with Gasteiger partial charge < -0.3 is 9.64 Å². The van der Waals surface area contributed by atoms with Gasteiger partial charge in [0, 0.05) is 31.1 Å². The van der Waals surface area contributed by atoms with Crippen molar-refractivity contribution in [2.45, 2.75) is 32.8 Å². The number of carbonyl (C=O) groups excluding carboxylic acids is 1. The molecule has 1 aromatic carbocycles. The van der Waals surface area contributed by atoms with Crippen LogP contribution in [0.2, 0.25) is 0 Å². The third kappa shape index (κ3) is 2.98. The number of methoxy groups -OCH3 is 1. The molecule has 0 N–H and O–H groups in total. The first kappa shape index (κ1) is 16.4. The number of piperidine rings is 1. The average molecular weight is 323 g/mol. The number of fused-ring (bicyclic) bond motifs is 1. The van der Waals surface area contributed by atoms with E-state index in [1.807, 2.05) is 25.1 Å². The fraction of sp³-hybridized carbons (Fsp3) is 0.421. The van der Waals surface area contributed by atoms with Crippen molar-refractivity contribution in [3.05, 3.63) is 34.9 Å². The van der Waals surface area contributed by atoms with Crippen molar-refractivity contribution in [2.75, 3.05) is 25.1 Å². The van der Waals surface area contributed by atoms with E-state index in [0.717, 1.165) is 42.7 Å². The minimum atomic E-state index is -0.0321. The Bertz CT molecular complexity index is 831. The molecule has 0 atom stereocenters. The quantitative estimate of drug-likeness (QED) is 0.811. The van der Waals surface area contributed by atoms with Crippen LogP contribution in [-0.4, -0.2) is 37.1 Å². The number of ketones is 1. The van der Waals surface area contributed by atoms with Crippen LogP contribution in [0.3, 0.4) is 0 Å². The molecule has 0 unspecified atom stereocenters. The number of pyridine rings is 1. The fourth-order valence-corrected chi connectivity index (χ4v) is 3.30. The highest BCUT2D eigenvalue weighted by Gasteiger charge is 2.21. The Morgan fingerprint density at radius 3 is 2.62 bits per heavy atom. The number of carbonyl (C=O) groups is 1. The summed E-state index contributed by atoms with van der Waals surface area (Å²) in [6.07, 6.45) is 2.16. The second-order valence-corrected chi connectivity index (χ2v) is 6.33. The fourth-order valence-electron chi connectivity index (χ4n) is 3.30. The molecule has 1 saturated heterocycles. The molecule has 1 aromatic heterocycles. The first-order chi connectivity index (χ1) is 11.5. The van der Waals surface area contributed by atoms with Crippen LogP contribution >= 0.6 is 0 Å². The second kappa shape index (κ2) is 6.58. The summed E-state index contributed by atoms with van der Waals surface area (Å²) in [7, 11) is 1.74. The lowest BCUT2D eigenvalue weighted by Gasteiger charge is -2.32. The van der Waals surface area contributed by atoms with E-state index in [9.17, 15) is 10.1 Å². The third-order valence-electron chi connectivity index (χ3n) is 4.64. The maximum absolute atomic E-state index is 12.0. The summed E-state index contributed by atoms with van der Waals surface area (Å²) >= 11 is 0. The highest BCUT2D eigenvalue weighted by atomic mass is 16.5. The first-order valence-corrected chi connectivity index (χ1v) is 8.17. The summed E-state index contributed by atoms with van der Waals surface area (Å²) in [4.78, 5) is 18.9. The Morgan fingerprint density at radius 1 is 1.33 bits per heavy atom. The predicted octanol–water partition coefficient (Wildman–Crippen LogP) is 3.23. The van der Waals surface area contributed by atoms with Crippen molar-refractivity contribution in [1.29, 1.82) is 5.26 Å². The van der Waals surface area contributed by atoms with Gasteiger partial charge in [-0.15, -0.1) is 0 Å². The SMILES string of the molecule is COC1CCN(c2cc(C#N)c3cc(C)cc(C(C)=O)c3n2)CC1. The van der Waals surface area contributed by atoms with Gasteiger partial charge in [-0.25, -0.2) is 4.98 Å². The first-order valence-electron chi connectivity index (χ1n) is 8.17. The number of anilines is 1. The topological polar surface area (TPSA) is 66.2 Å². The summed E-state index contributed by atoms with van der Waals surface area (Å²) in [5.41, 5.74) is 2.72. The molecule has 0 amide bonds. The molecule has 1 aliphatic heterocycles. The zero-order valence-corrected chi connectivity index (χ0v) is 14.3. The Balaban J connectivity index is 2.11. The summed E-state index contributed by atoms with van der Waals surface area (Å²) in [5, 5.41) is 10.3. The smallest absolute Gasteiger partial charge is 0.162 e. The molecule has 0 spiro atoms. The molecule has 1 fully saturated rings. The van der Waals surface area contributed by atoms with E-state index >= 15 is 0 Å². The van der Waals surface area contributed by atoms with Crippen LogP contribution in [0.4, 0.5) is 5.82 Å². The molecular formula is C19H21N3O2. The van der Waals surface area contributed by atoms with Crippen molar-refractivity contribution in [3.63, 3.8) is 0 Å². The van der Waals surface area contributed by atoms with Crippen LogP contribution in [0.15, 0.2) is 18.2 Å². The number of Topliss-reactive ketones (excluding diaryl/α,β-unsaturated/α-hetero) is 1. The lowest BCUT2D eigenvalue weighted by atomic mass is 9.99. The van der Waals surface area contributed by atoms with Gasteiger partial charge in [0.1, 0.15) is 5.82 Å². The predicted molar refractivity (Wildman–Crippen MR) is 93.4 cm³/mol. The zero-order chi connectivity index (χ0) is 17.3. The molecule has 24 heavy (non-hydrogen) atoms. The standard InChI is InChI=1S/C19H21N3O2/c1-12-8-16(13(2)23)19-17(9-12)14(11-20)10-18(21-19)22-6-4-15(24-3)5-7-22/h8-10,15H,4-7H2,1-3H3. The van der Waals surface area contributed by atoms with Crippen LogP contribution in [0.5, 0.6) is 0 Å². The van der Waals surface area contributed by atoms with Crippen molar-refractivity contribution in [3.8, 4) is 6.07 Å². The summed E-state index contributed by atoms with van der Waals surface area (Å²) in [6.45, 7) is 5.14. The molecule has 0 saturated carbocycles. The number of nitrogens with zero attached hydrogens (tertiary/aromatic N) is 3. The van der Waals surface area contributed by atoms with E-state index in [1.54, 1.807) is 14.0 Å². The van der Waals surface area contributed by atoms with Crippen molar-refractivity contribution in [2.24, 2.45) is 0 Å². The Hall–Kier alpha value is -2.45. The van der Waals surface area contributed by atoms with Gasteiger partial charge in [0.05, 0.1) is 23.3 Å². The van der Waals surface area contributed by atoms with Crippen LogP contribution in [0.1, 0.15) is 41.3 Å². The minimum Gasteiger partial charge on any atom is -0.381 e. The van der Waals surface area contributed by atoms with Gasteiger partial charge in [-0.3, -0.25) is 4.79 Å². The number of hydrogen-bond donors (Lipinski definition) is 0. The number of aryl methyl sites for hydroxylation is 1. The van der Waals surface area contributed by atoms with Crippen molar-refractivity contribution < 1.29 is 9.53 Å². The van der Waals surface area contributed by atoms with Crippen LogP contribution < -0.4 is 4.90 Å². The van der Waals surface area contributed by atoms with Gasteiger partial charge >= 0.3 is 0 Å². The van der Waals surface area contributed by atoms with Gasteiger partial charge in [-0.2, -0.15) is 5.26 Å². The van der Waals surface area contributed by atoms with Gasteiger partial charge in [0.2, 0.25) is 0 Å². The number of aromatic nitrogens is 1. The molecule has 2 heterocycles. The largest absolute Gasteiger partial charge is 0.381 e. The summed E-state index contributed by atoms with van der Waals surface area (Å²) < 4.78 is 5.41. The third-order valence-corrected chi connectivity index (χ3v) is 4.64. The Morgan fingerprint density at radius 2 is 2.04 bits per heavy atom. The molecule has 2 aromatic rings. The highest BCUT2D eigenvalue weighted by Crippen LogP contribution is 2.28. The molecule has 5 nitrogen and oxygen atoms in total. The van der Waals surface area contributed by atoms with Gasteiger partial charge in [0.25, 0.3) is 0 Å². The minimum absolute atomic E-state index is 0.0321. The van der Waals surface area contributed by atoms with Crippen LogP contribution in [0, 0.1) is 18.3 Å². The van der Waals surface area contributed by atoms with E-state index in [4.69, 9.17) is 9.72 Å². The Labute approximate surface area is 141 Å². The molecule has 124 valence electrons. The number of hydrogen-bond acceptors (Lipinski definition) is 5. The van der Waals surface area contributed by atoms with E-state index < -0.39 is 0 Å². The maximum Gasteiger partial charge on any atom is 0.162 e. The zero-order valence-electron chi connectivity index (χ0n) is 14.3. The molecule has 3 rings (SSSR count). The number of rotatable bonds is 3. The van der Waals surface area contributed by atoms with E-state index in [2.05, 4.69) is 11.0 Å². The summed E-state index contributed by atoms with van der Waals surface area (Å²) in [6, 6.07) is 7.86. The van der Waals surface area contributed by atoms with Gasteiger partial charge in [0.15, 0.2) is 5.78 Å². The second-order valence-electron chi connectivity index (χ2n) is 6.33. The van der Waals surface area contributed by atoms with E-state index in [-0.39, 0.29) is 11.9 Å². The van der Waals surface area contributed by atoms with Crippen molar-refractivity contribution >= 4 is 22.5 Å².